The van der Waals surface area contributed by atoms with Crippen LogP contribution in [0.1, 0.15) is 46.5 Å². The van der Waals surface area contributed by atoms with Crippen LogP contribution in [0.25, 0.3) is 0 Å². The summed E-state index contributed by atoms with van der Waals surface area (Å²) in [6, 6.07) is 0. The van der Waals surface area contributed by atoms with E-state index in [2.05, 4.69) is 26.1 Å². The Morgan fingerprint density at radius 3 is 2.46 bits per heavy atom. The number of hydrogen-bond acceptors (Lipinski definition) is 2. The summed E-state index contributed by atoms with van der Waals surface area (Å²) < 4.78 is 5.48. The molecule has 0 bridgehead atoms. The van der Waals surface area contributed by atoms with Crippen molar-refractivity contribution in [3.63, 3.8) is 0 Å². The van der Waals surface area contributed by atoms with Crippen molar-refractivity contribution < 1.29 is 4.43 Å². The maximum Gasteiger partial charge on any atom is 0.146 e. The standard InChI is InChI=1S/C10H25NOSi/c1-4-8-11-9-6-5-7-10(2,3)12-13/h11H,4-9H2,1-3,13H3. The lowest BCUT2D eigenvalue weighted by atomic mass is 10.0. The lowest BCUT2D eigenvalue weighted by Crippen LogP contribution is -2.23. The maximum atomic E-state index is 5.48. The molecule has 0 rings (SSSR count). The van der Waals surface area contributed by atoms with Gasteiger partial charge in [-0.25, -0.2) is 0 Å². The van der Waals surface area contributed by atoms with Gasteiger partial charge in [0.1, 0.15) is 10.5 Å². The summed E-state index contributed by atoms with van der Waals surface area (Å²) in [5.74, 6) is 0. The van der Waals surface area contributed by atoms with Crippen molar-refractivity contribution in [2.45, 2.75) is 52.1 Å². The normalized spacial score (nSPS) is 12.2. The Labute approximate surface area is 86.0 Å². The van der Waals surface area contributed by atoms with Crippen LogP contribution in [-0.4, -0.2) is 29.2 Å². The van der Waals surface area contributed by atoms with Crippen LogP contribution in [0.5, 0.6) is 0 Å². The van der Waals surface area contributed by atoms with Crippen LogP contribution in [-0.2, 0) is 4.43 Å². The van der Waals surface area contributed by atoms with Crippen LogP contribution in [0.4, 0.5) is 0 Å². The van der Waals surface area contributed by atoms with E-state index in [0.717, 1.165) is 23.6 Å². The molecule has 80 valence electrons. The van der Waals surface area contributed by atoms with Gasteiger partial charge in [0.2, 0.25) is 0 Å². The molecule has 0 aromatic heterocycles. The number of hydrogen-bond donors (Lipinski definition) is 1. The Bertz CT molecular complexity index is 117. The Balaban J connectivity index is 3.16. The van der Waals surface area contributed by atoms with E-state index in [1.165, 1.54) is 25.7 Å². The van der Waals surface area contributed by atoms with Gasteiger partial charge in [-0.2, -0.15) is 0 Å². The molecule has 0 amide bonds. The van der Waals surface area contributed by atoms with E-state index < -0.39 is 0 Å². The van der Waals surface area contributed by atoms with Crippen molar-refractivity contribution in [1.29, 1.82) is 0 Å². The maximum absolute atomic E-state index is 5.48. The minimum atomic E-state index is 0.122. The lowest BCUT2D eigenvalue weighted by molar-refractivity contribution is 0.109. The van der Waals surface area contributed by atoms with Gasteiger partial charge in [-0.15, -0.1) is 0 Å². The van der Waals surface area contributed by atoms with Gasteiger partial charge in [0.25, 0.3) is 0 Å². The van der Waals surface area contributed by atoms with Crippen LogP contribution < -0.4 is 5.32 Å². The molecular formula is C10H25NOSi. The number of nitrogens with one attached hydrogen (secondary N) is 1. The van der Waals surface area contributed by atoms with E-state index in [9.17, 15) is 0 Å². The first-order chi connectivity index (χ1) is 6.12. The van der Waals surface area contributed by atoms with Crippen LogP contribution in [0.2, 0.25) is 0 Å². The summed E-state index contributed by atoms with van der Waals surface area (Å²) in [6.07, 6.45) is 4.96. The van der Waals surface area contributed by atoms with Gasteiger partial charge >= 0.3 is 0 Å². The molecule has 1 N–H and O–H groups in total. The minimum absolute atomic E-state index is 0.122. The summed E-state index contributed by atoms with van der Waals surface area (Å²) in [6.45, 7) is 8.87. The molecule has 0 aliphatic heterocycles. The Morgan fingerprint density at radius 2 is 1.92 bits per heavy atom. The second-order valence-corrected chi connectivity index (χ2v) is 4.58. The lowest BCUT2D eigenvalue weighted by Gasteiger charge is -2.23. The predicted octanol–water partition coefficient (Wildman–Crippen LogP) is 1.23. The van der Waals surface area contributed by atoms with Crippen molar-refractivity contribution in [2.75, 3.05) is 13.1 Å². The number of rotatable bonds is 8. The highest BCUT2D eigenvalue weighted by Gasteiger charge is 2.13. The van der Waals surface area contributed by atoms with E-state index in [-0.39, 0.29) is 5.60 Å². The molecule has 0 spiro atoms. The molecule has 0 unspecified atom stereocenters. The Morgan fingerprint density at radius 1 is 1.23 bits per heavy atom. The summed E-state index contributed by atoms with van der Waals surface area (Å²) in [7, 11) is 0.852. The highest BCUT2D eigenvalue weighted by atomic mass is 28.2. The van der Waals surface area contributed by atoms with Crippen molar-refractivity contribution in [1.82, 2.24) is 5.32 Å². The topological polar surface area (TPSA) is 21.3 Å². The number of unbranched alkanes of at least 4 members (excludes halogenated alkanes) is 1. The fourth-order valence-corrected chi connectivity index (χ4v) is 1.41. The highest BCUT2D eigenvalue weighted by Crippen LogP contribution is 2.15. The summed E-state index contributed by atoms with van der Waals surface area (Å²) in [4.78, 5) is 0. The molecule has 0 aromatic rings. The van der Waals surface area contributed by atoms with Crippen molar-refractivity contribution >= 4 is 10.5 Å². The first kappa shape index (κ1) is 13.1. The zero-order chi connectivity index (χ0) is 10.2. The van der Waals surface area contributed by atoms with E-state index in [0.29, 0.717) is 0 Å². The SMILES string of the molecule is CCCNCCCCC(C)(C)O[SiH3]. The zero-order valence-corrected chi connectivity index (χ0v) is 11.7. The molecule has 0 atom stereocenters. The van der Waals surface area contributed by atoms with Crippen LogP contribution in [0.3, 0.4) is 0 Å². The third kappa shape index (κ3) is 8.47. The molecule has 0 aliphatic rings. The van der Waals surface area contributed by atoms with Crippen LogP contribution in [0.15, 0.2) is 0 Å². The van der Waals surface area contributed by atoms with Gasteiger partial charge in [0, 0.05) is 5.60 Å². The van der Waals surface area contributed by atoms with E-state index in [4.69, 9.17) is 4.43 Å². The van der Waals surface area contributed by atoms with Gasteiger partial charge in [-0.3, -0.25) is 0 Å². The second kappa shape index (κ2) is 7.53. The Kier molecular flexibility index (Phi) is 7.61. The van der Waals surface area contributed by atoms with Gasteiger partial charge in [0.15, 0.2) is 0 Å². The minimum Gasteiger partial charge on any atom is -0.423 e. The fraction of sp³-hybridized carbons (Fsp3) is 1.00. The zero-order valence-electron chi connectivity index (χ0n) is 9.65. The average Bonchev–Trinajstić information content (AvgIpc) is 2.11. The summed E-state index contributed by atoms with van der Waals surface area (Å²) >= 11 is 0. The summed E-state index contributed by atoms with van der Waals surface area (Å²) in [5, 5.41) is 3.41. The molecule has 13 heavy (non-hydrogen) atoms. The quantitative estimate of drug-likeness (QED) is 0.473. The van der Waals surface area contributed by atoms with Gasteiger partial charge in [-0.1, -0.05) is 6.92 Å². The molecule has 0 heterocycles. The van der Waals surface area contributed by atoms with Gasteiger partial charge in [0.05, 0.1) is 0 Å². The fourth-order valence-electron chi connectivity index (χ4n) is 1.20. The molecule has 2 nitrogen and oxygen atoms in total. The highest BCUT2D eigenvalue weighted by molar-refractivity contribution is 5.98. The molecule has 3 heteroatoms. The van der Waals surface area contributed by atoms with Gasteiger partial charge in [-0.05, 0) is 52.6 Å². The van der Waals surface area contributed by atoms with E-state index in [1.54, 1.807) is 0 Å². The molecule has 0 saturated carbocycles. The first-order valence-electron chi connectivity index (χ1n) is 5.38. The molecule has 0 radical (unpaired) electrons. The molecular weight excluding hydrogens is 178 g/mol. The van der Waals surface area contributed by atoms with Gasteiger partial charge < -0.3 is 9.74 Å². The molecule has 0 aliphatic carbocycles. The summed E-state index contributed by atoms with van der Waals surface area (Å²) in [5.41, 5.74) is 0.122. The third-order valence-electron chi connectivity index (χ3n) is 2.36. The average molecular weight is 203 g/mol. The van der Waals surface area contributed by atoms with E-state index in [1.807, 2.05) is 0 Å². The molecule has 0 saturated heterocycles. The third-order valence-corrected chi connectivity index (χ3v) is 3.47. The van der Waals surface area contributed by atoms with E-state index >= 15 is 0 Å². The monoisotopic (exact) mass is 203 g/mol. The van der Waals surface area contributed by atoms with Crippen molar-refractivity contribution in [2.24, 2.45) is 0 Å². The Hall–Kier alpha value is 0.137. The first-order valence-corrected chi connectivity index (χ1v) is 6.20. The van der Waals surface area contributed by atoms with Crippen molar-refractivity contribution in [3.05, 3.63) is 0 Å². The largest absolute Gasteiger partial charge is 0.423 e. The smallest absolute Gasteiger partial charge is 0.146 e. The van der Waals surface area contributed by atoms with Crippen LogP contribution >= 0.6 is 0 Å². The molecule has 0 fully saturated rings. The van der Waals surface area contributed by atoms with Crippen LogP contribution in [0, 0.1) is 0 Å². The van der Waals surface area contributed by atoms with Crippen molar-refractivity contribution in [3.8, 4) is 0 Å². The predicted molar refractivity (Wildman–Crippen MR) is 62.1 cm³/mol. The molecule has 0 aromatic carbocycles. The second-order valence-electron chi connectivity index (χ2n) is 4.17.